The zero-order valence-corrected chi connectivity index (χ0v) is 14.9. The topological polar surface area (TPSA) is 124 Å². The zero-order valence-electron chi connectivity index (χ0n) is 11.7. The molecule has 0 unspecified atom stereocenters. The quantitative estimate of drug-likeness (QED) is 0.438. The first-order valence-corrected chi connectivity index (χ1v) is 8.90. The molecule has 0 fully saturated rings. The number of halogens is 2. The maximum Gasteiger partial charge on any atom is 0.258 e. The molecule has 128 valence electrons. The Morgan fingerprint density at radius 2 is 1.92 bits per heavy atom. The van der Waals surface area contributed by atoms with Crippen molar-refractivity contribution in [2.24, 2.45) is 0 Å². The molecule has 0 spiro atoms. The molecule has 2 aromatic rings. The van der Waals surface area contributed by atoms with E-state index in [0.29, 0.717) is 0 Å². The van der Waals surface area contributed by atoms with Crippen LogP contribution in [0.5, 0.6) is 0 Å². The number of nitrogens with one attached hydrogen (secondary N) is 4. The predicted octanol–water partition coefficient (Wildman–Crippen LogP) is 1.29. The highest BCUT2D eigenvalue weighted by atomic mass is 35.5. The molecule has 0 aliphatic heterocycles. The third kappa shape index (κ3) is 4.89. The molecule has 2 rings (SSSR count). The van der Waals surface area contributed by atoms with Crippen molar-refractivity contribution in [1.29, 1.82) is 0 Å². The Morgan fingerprint density at radius 1 is 1.21 bits per heavy atom. The van der Waals surface area contributed by atoms with E-state index < -0.39 is 21.5 Å². The number of aromatic amines is 2. The second-order valence-electron chi connectivity index (χ2n) is 4.52. The minimum absolute atomic E-state index is 0.0524. The molecule has 0 aliphatic rings. The fourth-order valence-corrected chi connectivity index (χ4v) is 3.55. The Hall–Kier alpha value is -1.72. The van der Waals surface area contributed by atoms with Crippen molar-refractivity contribution in [1.82, 2.24) is 20.2 Å². The molecule has 1 amide bonds. The van der Waals surface area contributed by atoms with Crippen LogP contribution >= 0.6 is 35.4 Å². The van der Waals surface area contributed by atoms with Gasteiger partial charge >= 0.3 is 0 Å². The summed E-state index contributed by atoms with van der Waals surface area (Å²) in [6, 6.07) is 5.03. The van der Waals surface area contributed by atoms with E-state index >= 15 is 0 Å². The molecule has 0 saturated carbocycles. The molecule has 1 aromatic carbocycles. The van der Waals surface area contributed by atoms with E-state index in [1.165, 1.54) is 12.1 Å². The van der Waals surface area contributed by atoms with Gasteiger partial charge in [0.05, 0.1) is 11.4 Å². The van der Waals surface area contributed by atoms with Crippen molar-refractivity contribution >= 4 is 51.4 Å². The van der Waals surface area contributed by atoms with Gasteiger partial charge in [-0.05, 0) is 30.4 Å². The second kappa shape index (κ2) is 7.45. The van der Waals surface area contributed by atoms with Crippen LogP contribution in [0.4, 0.5) is 0 Å². The molecule has 0 atom stereocenters. The van der Waals surface area contributed by atoms with Gasteiger partial charge in [0.1, 0.15) is 4.90 Å². The molecule has 4 N–H and O–H groups in total. The number of rotatable bonds is 5. The monoisotopic (exact) mass is 408 g/mol. The molecular formula is C12H10Cl2N4O4S2. The van der Waals surface area contributed by atoms with Crippen LogP contribution < -0.4 is 15.8 Å². The van der Waals surface area contributed by atoms with Crippen LogP contribution in [0.2, 0.25) is 10.0 Å². The molecule has 1 heterocycles. The largest absolute Gasteiger partial charge is 0.335 e. The minimum Gasteiger partial charge on any atom is -0.335 e. The number of sulfonamides is 1. The van der Waals surface area contributed by atoms with Crippen LogP contribution in [0, 0.1) is 4.77 Å². The summed E-state index contributed by atoms with van der Waals surface area (Å²) >= 11 is 16.3. The summed E-state index contributed by atoms with van der Waals surface area (Å²) in [5.74, 6) is -0.715. The number of carbonyl (C=O) groups is 1. The van der Waals surface area contributed by atoms with E-state index in [9.17, 15) is 18.0 Å². The van der Waals surface area contributed by atoms with Gasteiger partial charge in [-0.3, -0.25) is 20.0 Å². The Balaban J connectivity index is 2.09. The van der Waals surface area contributed by atoms with Crippen LogP contribution in [-0.4, -0.2) is 24.3 Å². The first kappa shape index (κ1) is 18.6. The maximum atomic E-state index is 12.1. The molecule has 24 heavy (non-hydrogen) atoms. The smallest absolute Gasteiger partial charge is 0.258 e. The summed E-state index contributed by atoms with van der Waals surface area (Å²) < 4.78 is 24.3. The number of hydrogen-bond donors (Lipinski definition) is 4. The van der Waals surface area contributed by atoms with Crippen molar-refractivity contribution in [3.05, 3.63) is 55.1 Å². The highest BCUT2D eigenvalue weighted by Gasteiger charge is 2.19. The second-order valence-corrected chi connectivity index (χ2v) is 7.42. The minimum atomic E-state index is -4.11. The molecule has 8 nitrogen and oxygen atoms in total. The van der Waals surface area contributed by atoms with Crippen molar-refractivity contribution in [2.45, 2.75) is 11.3 Å². The molecule has 12 heteroatoms. The third-order valence-corrected chi connectivity index (χ3v) is 4.84. The van der Waals surface area contributed by atoms with Crippen LogP contribution in [0.15, 0.2) is 34.0 Å². The average molecular weight is 409 g/mol. The first-order chi connectivity index (χ1) is 11.2. The maximum absolute atomic E-state index is 12.1. The van der Waals surface area contributed by atoms with Crippen molar-refractivity contribution in [3.8, 4) is 0 Å². The molecule has 0 aliphatic carbocycles. The summed E-state index contributed by atoms with van der Waals surface area (Å²) in [5.41, 5.74) is 1.76. The fourth-order valence-electron chi connectivity index (χ4n) is 1.69. The van der Waals surface area contributed by atoms with Gasteiger partial charge in [-0.1, -0.05) is 23.2 Å². The van der Waals surface area contributed by atoms with Gasteiger partial charge in [-0.2, -0.15) is 0 Å². The highest BCUT2D eigenvalue weighted by Crippen LogP contribution is 2.24. The number of carbonyl (C=O) groups excluding carboxylic acids is 1. The van der Waals surface area contributed by atoms with E-state index in [1.54, 1.807) is 0 Å². The average Bonchev–Trinajstić information content (AvgIpc) is 2.46. The number of H-pyrrole nitrogens is 2. The van der Waals surface area contributed by atoms with Crippen molar-refractivity contribution in [2.75, 3.05) is 0 Å². The molecular weight excluding hydrogens is 399 g/mol. The predicted molar refractivity (Wildman–Crippen MR) is 90.9 cm³/mol. The fraction of sp³-hybridized carbons (Fsp3) is 0.0833. The third-order valence-electron chi connectivity index (χ3n) is 2.67. The van der Waals surface area contributed by atoms with Crippen LogP contribution in [0.25, 0.3) is 0 Å². The van der Waals surface area contributed by atoms with Gasteiger partial charge in [-0.15, -0.1) is 4.83 Å². The number of hydrazine groups is 1. The van der Waals surface area contributed by atoms with Gasteiger partial charge < -0.3 is 4.98 Å². The summed E-state index contributed by atoms with van der Waals surface area (Å²) in [5, 5.41) is 0.113. The van der Waals surface area contributed by atoms with Crippen molar-refractivity contribution in [3.63, 3.8) is 0 Å². The lowest BCUT2D eigenvalue weighted by atomic mass is 10.3. The van der Waals surface area contributed by atoms with E-state index in [4.69, 9.17) is 35.4 Å². The molecule has 0 bridgehead atoms. The van der Waals surface area contributed by atoms with Crippen molar-refractivity contribution < 1.29 is 13.2 Å². The summed E-state index contributed by atoms with van der Waals surface area (Å²) in [6.07, 6.45) is -0.292. The molecule has 0 radical (unpaired) electrons. The van der Waals surface area contributed by atoms with E-state index in [1.807, 2.05) is 10.3 Å². The first-order valence-electron chi connectivity index (χ1n) is 6.25. The van der Waals surface area contributed by atoms with Gasteiger partial charge in [0, 0.05) is 16.8 Å². The number of benzene rings is 1. The lowest BCUT2D eigenvalue weighted by molar-refractivity contribution is -0.120. The normalized spacial score (nSPS) is 11.2. The number of aromatic nitrogens is 2. The van der Waals surface area contributed by atoms with E-state index in [0.717, 1.165) is 12.1 Å². The Labute approximate surface area is 151 Å². The summed E-state index contributed by atoms with van der Waals surface area (Å²) in [4.78, 5) is 29.6. The Bertz CT molecular complexity index is 972. The number of hydrogen-bond acceptors (Lipinski definition) is 5. The lowest BCUT2D eigenvalue weighted by Crippen LogP contribution is -2.42. The van der Waals surface area contributed by atoms with Crippen LogP contribution in [0.3, 0.4) is 0 Å². The molecule has 1 aromatic heterocycles. The van der Waals surface area contributed by atoms with Gasteiger partial charge in [0.25, 0.3) is 15.6 Å². The van der Waals surface area contributed by atoms with E-state index in [2.05, 4.69) is 9.97 Å². The van der Waals surface area contributed by atoms with Crippen LogP contribution in [0.1, 0.15) is 5.69 Å². The Morgan fingerprint density at radius 3 is 2.58 bits per heavy atom. The summed E-state index contributed by atoms with van der Waals surface area (Å²) in [6.45, 7) is 0. The number of amides is 1. The molecule has 0 saturated heterocycles. The highest BCUT2D eigenvalue weighted by molar-refractivity contribution is 7.89. The van der Waals surface area contributed by atoms with Gasteiger partial charge in [0.2, 0.25) is 5.91 Å². The van der Waals surface area contributed by atoms with Gasteiger partial charge in [-0.25, -0.2) is 8.42 Å². The zero-order chi connectivity index (χ0) is 17.9. The SMILES string of the molecule is O=C(Cc1cc(=O)[nH]c(=S)[nH]1)NNS(=O)(=O)c1cc(Cl)ccc1Cl. The summed E-state index contributed by atoms with van der Waals surface area (Å²) in [7, 11) is -4.11. The van der Waals surface area contributed by atoms with E-state index in [-0.39, 0.29) is 31.8 Å². The Kier molecular flexibility index (Phi) is 5.78. The standard InChI is InChI=1S/C12H10Cl2N4O4S2/c13-6-1-2-8(14)9(3-6)24(21,22)18-17-11(20)5-7-4-10(19)16-12(23)15-7/h1-4,18H,5H2,(H,17,20)(H2,15,16,19,23). The van der Waals surface area contributed by atoms with Gasteiger partial charge in [0.15, 0.2) is 4.77 Å². The lowest BCUT2D eigenvalue weighted by Gasteiger charge is -2.10. The van der Waals surface area contributed by atoms with Crippen LogP contribution in [-0.2, 0) is 21.2 Å².